The van der Waals surface area contributed by atoms with Crippen LogP contribution < -0.4 is 10.6 Å². The van der Waals surface area contributed by atoms with Gasteiger partial charge in [-0.3, -0.25) is 9.79 Å². The minimum atomic E-state index is -4.40. The second kappa shape index (κ2) is 12.7. The Labute approximate surface area is 145 Å². The first kappa shape index (κ1) is 23.5. The molecule has 0 aliphatic heterocycles. The first-order chi connectivity index (χ1) is 9.80. The third-order valence-electron chi connectivity index (χ3n) is 2.43. The van der Waals surface area contributed by atoms with Crippen molar-refractivity contribution in [1.82, 2.24) is 15.5 Å². The summed E-state index contributed by atoms with van der Waals surface area (Å²) in [5, 5.41) is 5.60. The Kier molecular flexibility index (Phi) is 13.6. The number of amides is 1. The molecular formula is C12H24F3IN4O2. The third-order valence-corrected chi connectivity index (χ3v) is 2.43. The van der Waals surface area contributed by atoms with Gasteiger partial charge < -0.3 is 20.3 Å². The quantitative estimate of drug-likeness (QED) is 0.258. The number of guanidine groups is 1. The van der Waals surface area contributed by atoms with Crippen LogP contribution in [0.4, 0.5) is 13.2 Å². The second-order valence-electron chi connectivity index (χ2n) is 4.27. The fourth-order valence-corrected chi connectivity index (χ4v) is 1.40. The van der Waals surface area contributed by atoms with E-state index < -0.39 is 18.6 Å². The van der Waals surface area contributed by atoms with Crippen LogP contribution in [0.3, 0.4) is 0 Å². The molecule has 0 rings (SSSR count). The van der Waals surface area contributed by atoms with Crippen LogP contribution in [0.1, 0.15) is 13.3 Å². The smallest absolute Gasteiger partial charge is 0.382 e. The molecule has 0 aliphatic rings. The number of hydrogen-bond donors (Lipinski definition) is 2. The van der Waals surface area contributed by atoms with Gasteiger partial charge in [-0.1, -0.05) is 0 Å². The summed E-state index contributed by atoms with van der Waals surface area (Å²) < 4.78 is 41.6. The highest BCUT2D eigenvalue weighted by Crippen LogP contribution is 2.15. The molecular weight excluding hydrogens is 416 g/mol. The van der Waals surface area contributed by atoms with E-state index in [-0.39, 0.29) is 30.5 Å². The van der Waals surface area contributed by atoms with Gasteiger partial charge in [-0.2, -0.15) is 13.2 Å². The summed E-state index contributed by atoms with van der Waals surface area (Å²) in [5.74, 6) is -0.301. The molecule has 0 aliphatic carbocycles. The maximum absolute atomic E-state index is 12.1. The Morgan fingerprint density at radius 2 is 1.95 bits per heavy atom. The molecule has 10 heteroatoms. The first-order valence-electron chi connectivity index (χ1n) is 6.63. The van der Waals surface area contributed by atoms with E-state index in [0.29, 0.717) is 30.6 Å². The molecule has 0 radical (unpaired) electrons. The molecule has 0 fully saturated rings. The molecule has 0 spiro atoms. The van der Waals surface area contributed by atoms with Crippen molar-refractivity contribution in [3.63, 3.8) is 0 Å². The molecule has 0 saturated heterocycles. The van der Waals surface area contributed by atoms with Gasteiger partial charge in [0.25, 0.3) is 0 Å². The number of nitrogens with one attached hydrogen (secondary N) is 2. The zero-order valence-electron chi connectivity index (χ0n) is 13.0. The van der Waals surface area contributed by atoms with Gasteiger partial charge in [-0.25, -0.2) is 0 Å². The highest BCUT2D eigenvalue weighted by Gasteiger charge is 2.31. The van der Waals surface area contributed by atoms with E-state index in [2.05, 4.69) is 15.6 Å². The number of rotatable bonds is 8. The van der Waals surface area contributed by atoms with Crippen LogP contribution in [-0.2, 0) is 9.53 Å². The van der Waals surface area contributed by atoms with Gasteiger partial charge in [0.15, 0.2) is 5.96 Å². The number of carbonyl (C=O) groups excluding carboxylic acids is 1. The van der Waals surface area contributed by atoms with E-state index in [9.17, 15) is 18.0 Å². The van der Waals surface area contributed by atoms with Crippen molar-refractivity contribution in [3.05, 3.63) is 0 Å². The normalized spacial score (nSPS) is 11.6. The topological polar surface area (TPSA) is 66.0 Å². The Bertz CT molecular complexity index is 341. The van der Waals surface area contributed by atoms with Crippen LogP contribution in [0.5, 0.6) is 0 Å². The maximum atomic E-state index is 12.1. The average Bonchev–Trinajstić information content (AvgIpc) is 2.39. The second-order valence-corrected chi connectivity index (χ2v) is 4.27. The molecule has 132 valence electrons. The standard InChI is InChI=1S/C12H23F3N4O2.HI/c1-4-21-7-5-6-17-11(16-2)18-8-10(20)19(3)9-12(13,14)15;/h4-9H2,1-3H3,(H2,16,17,18);1H. The Balaban J connectivity index is 0. The van der Waals surface area contributed by atoms with Crippen molar-refractivity contribution in [2.75, 3.05) is 46.9 Å². The van der Waals surface area contributed by atoms with Crippen molar-refractivity contribution >= 4 is 35.8 Å². The monoisotopic (exact) mass is 440 g/mol. The fraction of sp³-hybridized carbons (Fsp3) is 0.833. The zero-order chi connectivity index (χ0) is 16.3. The van der Waals surface area contributed by atoms with Gasteiger partial charge in [0.1, 0.15) is 6.54 Å². The van der Waals surface area contributed by atoms with Crippen LogP contribution in [0.2, 0.25) is 0 Å². The Morgan fingerprint density at radius 3 is 2.45 bits per heavy atom. The van der Waals surface area contributed by atoms with E-state index in [1.54, 1.807) is 0 Å². The SMILES string of the molecule is CCOCCCNC(=NC)NCC(=O)N(C)CC(F)(F)F.I. The Hall–Kier alpha value is -0.780. The molecule has 2 N–H and O–H groups in total. The maximum Gasteiger partial charge on any atom is 0.406 e. The molecule has 0 atom stereocenters. The summed E-state index contributed by atoms with van der Waals surface area (Å²) in [6.45, 7) is 2.22. The van der Waals surface area contributed by atoms with Gasteiger partial charge in [0, 0.05) is 33.9 Å². The van der Waals surface area contributed by atoms with Gasteiger partial charge in [0.05, 0.1) is 6.54 Å². The lowest BCUT2D eigenvalue weighted by molar-refractivity contribution is -0.157. The van der Waals surface area contributed by atoms with Crippen molar-refractivity contribution < 1.29 is 22.7 Å². The number of nitrogens with zero attached hydrogens (tertiary/aromatic N) is 2. The van der Waals surface area contributed by atoms with Crippen LogP contribution in [0.15, 0.2) is 4.99 Å². The van der Waals surface area contributed by atoms with E-state index in [1.165, 1.54) is 7.05 Å². The van der Waals surface area contributed by atoms with Gasteiger partial charge >= 0.3 is 6.18 Å². The van der Waals surface area contributed by atoms with Crippen LogP contribution >= 0.6 is 24.0 Å². The molecule has 0 saturated carbocycles. The van der Waals surface area contributed by atoms with Crippen LogP contribution in [0, 0.1) is 0 Å². The van der Waals surface area contributed by atoms with Crippen molar-refractivity contribution in [2.45, 2.75) is 19.5 Å². The predicted octanol–water partition coefficient (Wildman–Crippen LogP) is 1.22. The zero-order valence-corrected chi connectivity index (χ0v) is 15.3. The van der Waals surface area contributed by atoms with Crippen molar-refractivity contribution in [2.24, 2.45) is 4.99 Å². The predicted molar refractivity (Wildman–Crippen MR) is 89.6 cm³/mol. The molecule has 0 aromatic rings. The van der Waals surface area contributed by atoms with E-state index >= 15 is 0 Å². The summed E-state index contributed by atoms with van der Waals surface area (Å²) in [4.78, 5) is 16.0. The van der Waals surface area contributed by atoms with Crippen molar-refractivity contribution in [3.8, 4) is 0 Å². The molecule has 22 heavy (non-hydrogen) atoms. The lowest BCUT2D eigenvalue weighted by Crippen LogP contribution is -2.45. The van der Waals surface area contributed by atoms with Crippen LogP contribution in [0.25, 0.3) is 0 Å². The fourth-order valence-electron chi connectivity index (χ4n) is 1.40. The number of likely N-dealkylation sites (N-methyl/N-ethyl adjacent to an activating group) is 1. The van der Waals surface area contributed by atoms with E-state index in [0.717, 1.165) is 13.5 Å². The highest BCUT2D eigenvalue weighted by atomic mass is 127. The van der Waals surface area contributed by atoms with E-state index in [4.69, 9.17) is 4.74 Å². The molecule has 0 aromatic heterocycles. The highest BCUT2D eigenvalue weighted by molar-refractivity contribution is 14.0. The van der Waals surface area contributed by atoms with Crippen molar-refractivity contribution in [1.29, 1.82) is 0 Å². The Morgan fingerprint density at radius 1 is 1.32 bits per heavy atom. The summed E-state index contributed by atoms with van der Waals surface area (Å²) in [7, 11) is 2.62. The molecule has 0 aromatic carbocycles. The van der Waals surface area contributed by atoms with Gasteiger partial charge in [0.2, 0.25) is 5.91 Å². The molecule has 0 bridgehead atoms. The van der Waals surface area contributed by atoms with E-state index in [1.807, 2.05) is 6.92 Å². The lowest BCUT2D eigenvalue weighted by Gasteiger charge is -2.20. The number of halogens is 4. The summed E-state index contributed by atoms with van der Waals surface area (Å²) in [6.07, 6.45) is -3.64. The number of alkyl halides is 3. The molecule has 1 amide bonds. The average molecular weight is 440 g/mol. The largest absolute Gasteiger partial charge is 0.406 e. The first-order valence-corrected chi connectivity index (χ1v) is 6.63. The molecule has 6 nitrogen and oxygen atoms in total. The number of ether oxygens (including phenoxy) is 1. The summed E-state index contributed by atoms with van der Waals surface area (Å²) in [6, 6.07) is 0. The molecule has 0 heterocycles. The minimum absolute atomic E-state index is 0. The van der Waals surface area contributed by atoms with Gasteiger partial charge in [-0.05, 0) is 13.3 Å². The number of hydrogen-bond acceptors (Lipinski definition) is 3. The number of aliphatic imine (C=N–C) groups is 1. The lowest BCUT2D eigenvalue weighted by atomic mass is 10.4. The summed E-state index contributed by atoms with van der Waals surface area (Å²) >= 11 is 0. The molecule has 0 unspecified atom stereocenters. The van der Waals surface area contributed by atoms with Gasteiger partial charge in [-0.15, -0.1) is 24.0 Å². The minimum Gasteiger partial charge on any atom is -0.382 e. The number of carbonyl (C=O) groups is 1. The third kappa shape index (κ3) is 12.9. The summed E-state index contributed by atoms with van der Waals surface area (Å²) in [5.41, 5.74) is 0. The van der Waals surface area contributed by atoms with Crippen LogP contribution in [-0.4, -0.2) is 69.9 Å².